The molecule has 0 fully saturated rings. The molecule has 1 aliphatic rings. The smallest absolute Gasteiger partial charge is 0.261 e. The molecule has 1 aromatic carbocycles. The Balaban J connectivity index is 1.96. The van der Waals surface area contributed by atoms with Crippen LogP contribution in [0.15, 0.2) is 35.9 Å². The third kappa shape index (κ3) is 5.55. The minimum absolute atomic E-state index is 0.154. The van der Waals surface area contributed by atoms with Gasteiger partial charge in [-0.1, -0.05) is 76.2 Å². The van der Waals surface area contributed by atoms with Crippen LogP contribution in [-0.4, -0.2) is 23.3 Å². The standard InChI is InChI=1S/C23H33NO2/c1-3-5-7-9-13-19(14-10-8-6-4-2)17-18-24-22(25)20-15-11-12-16-21(20)23(24)26/h11-12,15-17H,3-10,13-14,18H2,1-2H3. The molecule has 0 radical (unpaired) electrons. The number of nitrogens with zero attached hydrogens (tertiary/aromatic N) is 1. The summed E-state index contributed by atoms with van der Waals surface area (Å²) in [5.41, 5.74) is 2.49. The fourth-order valence-corrected chi connectivity index (χ4v) is 3.51. The van der Waals surface area contributed by atoms with E-state index in [0.717, 1.165) is 12.8 Å². The van der Waals surface area contributed by atoms with Gasteiger partial charge in [0.25, 0.3) is 11.8 Å². The first kappa shape index (κ1) is 20.4. The highest BCUT2D eigenvalue weighted by molar-refractivity contribution is 6.21. The second-order valence-corrected chi connectivity index (χ2v) is 7.25. The summed E-state index contributed by atoms with van der Waals surface area (Å²) >= 11 is 0. The second kappa shape index (κ2) is 10.9. The van der Waals surface area contributed by atoms with Crippen LogP contribution in [0.4, 0.5) is 0 Å². The quantitative estimate of drug-likeness (QED) is 0.256. The van der Waals surface area contributed by atoms with Crippen LogP contribution in [0.2, 0.25) is 0 Å². The normalized spacial score (nSPS) is 13.2. The van der Waals surface area contributed by atoms with Gasteiger partial charge in [-0.15, -0.1) is 0 Å². The van der Waals surface area contributed by atoms with E-state index in [1.807, 2.05) is 12.1 Å². The molecule has 142 valence electrons. The summed E-state index contributed by atoms with van der Waals surface area (Å²) in [6.07, 6.45) is 14.3. The zero-order valence-electron chi connectivity index (χ0n) is 16.4. The molecule has 3 nitrogen and oxygen atoms in total. The van der Waals surface area contributed by atoms with E-state index in [0.29, 0.717) is 17.7 Å². The van der Waals surface area contributed by atoms with Crippen LogP contribution < -0.4 is 0 Å². The summed E-state index contributed by atoms with van der Waals surface area (Å²) in [5.74, 6) is -0.309. The highest BCUT2D eigenvalue weighted by Gasteiger charge is 2.34. The largest absolute Gasteiger partial charge is 0.270 e. The fourth-order valence-electron chi connectivity index (χ4n) is 3.51. The van der Waals surface area contributed by atoms with E-state index in [4.69, 9.17) is 0 Å². The topological polar surface area (TPSA) is 37.4 Å². The van der Waals surface area contributed by atoms with Crippen LogP contribution in [-0.2, 0) is 0 Å². The van der Waals surface area contributed by atoms with E-state index in [-0.39, 0.29) is 11.8 Å². The zero-order chi connectivity index (χ0) is 18.8. The number of rotatable bonds is 12. The number of benzene rings is 1. The molecule has 26 heavy (non-hydrogen) atoms. The molecule has 2 rings (SSSR count). The monoisotopic (exact) mass is 355 g/mol. The molecule has 1 aliphatic heterocycles. The van der Waals surface area contributed by atoms with Gasteiger partial charge in [0, 0.05) is 6.54 Å². The van der Waals surface area contributed by atoms with Gasteiger partial charge >= 0.3 is 0 Å². The predicted octanol–water partition coefficient (Wildman–Crippen LogP) is 6.15. The molecule has 0 saturated heterocycles. The molecular formula is C23H33NO2. The Bertz CT molecular complexity index is 584. The minimum Gasteiger partial charge on any atom is -0.270 e. The molecule has 0 aliphatic carbocycles. The summed E-state index contributed by atoms with van der Waals surface area (Å²) < 4.78 is 0. The predicted molar refractivity (Wildman–Crippen MR) is 107 cm³/mol. The molecule has 0 N–H and O–H groups in total. The number of carbonyl (C=O) groups is 2. The van der Waals surface area contributed by atoms with Crippen molar-refractivity contribution in [3.63, 3.8) is 0 Å². The maximum atomic E-state index is 12.5. The van der Waals surface area contributed by atoms with Gasteiger partial charge in [-0.25, -0.2) is 0 Å². The van der Waals surface area contributed by atoms with Crippen molar-refractivity contribution in [2.45, 2.75) is 78.1 Å². The zero-order valence-corrected chi connectivity index (χ0v) is 16.4. The Labute approximate surface area is 158 Å². The van der Waals surface area contributed by atoms with Crippen molar-refractivity contribution in [1.82, 2.24) is 4.90 Å². The van der Waals surface area contributed by atoms with E-state index in [2.05, 4.69) is 19.9 Å². The first-order valence-electron chi connectivity index (χ1n) is 10.3. The average molecular weight is 356 g/mol. The Morgan fingerprint density at radius 1 is 0.808 bits per heavy atom. The van der Waals surface area contributed by atoms with Crippen molar-refractivity contribution in [2.75, 3.05) is 6.54 Å². The van der Waals surface area contributed by atoms with Gasteiger partial charge in [-0.05, 0) is 37.8 Å². The van der Waals surface area contributed by atoms with Crippen LogP contribution >= 0.6 is 0 Å². The molecule has 0 aromatic heterocycles. The van der Waals surface area contributed by atoms with Crippen LogP contribution in [0.5, 0.6) is 0 Å². The van der Waals surface area contributed by atoms with Crippen molar-refractivity contribution < 1.29 is 9.59 Å². The van der Waals surface area contributed by atoms with E-state index in [9.17, 15) is 9.59 Å². The van der Waals surface area contributed by atoms with Crippen molar-refractivity contribution in [1.29, 1.82) is 0 Å². The van der Waals surface area contributed by atoms with Crippen LogP contribution in [0.3, 0.4) is 0 Å². The molecule has 0 saturated carbocycles. The molecule has 1 aromatic rings. The maximum absolute atomic E-state index is 12.5. The lowest BCUT2D eigenvalue weighted by atomic mass is 10.00. The lowest BCUT2D eigenvalue weighted by Crippen LogP contribution is -2.30. The third-order valence-corrected chi connectivity index (χ3v) is 5.14. The number of fused-ring (bicyclic) bond motifs is 1. The minimum atomic E-state index is -0.154. The molecule has 0 bridgehead atoms. The van der Waals surface area contributed by atoms with Crippen molar-refractivity contribution in [2.24, 2.45) is 0 Å². The van der Waals surface area contributed by atoms with Crippen LogP contribution in [0.1, 0.15) is 98.8 Å². The number of hydrogen-bond acceptors (Lipinski definition) is 2. The van der Waals surface area contributed by atoms with Crippen LogP contribution in [0.25, 0.3) is 0 Å². The molecule has 0 spiro atoms. The van der Waals surface area contributed by atoms with Gasteiger partial charge < -0.3 is 0 Å². The van der Waals surface area contributed by atoms with E-state index >= 15 is 0 Å². The first-order chi connectivity index (χ1) is 12.7. The number of amides is 2. The average Bonchev–Trinajstić information content (AvgIpc) is 2.90. The van der Waals surface area contributed by atoms with Crippen molar-refractivity contribution >= 4 is 11.8 Å². The Morgan fingerprint density at radius 3 is 1.77 bits per heavy atom. The summed E-state index contributed by atoms with van der Waals surface area (Å²) in [7, 11) is 0. The van der Waals surface area contributed by atoms with Gasteiger partial charge in [0.05, 0.1) is 11.1 Å². The molecule has 0 unspecified atom stereocenters. The number of carbonyl (C=O) groups excluding carboxylic acids is 2. The number of hydrogen-bond donors (Lipinski definition) is 0. The molecular weight excluding hydrogens is 322 g/mol. The Hall–Kier alpha value is -1.90. The summed E-state index contributed by atoms with van der Waals surface area (Å²) in [4.78, 5) is 26.4. The Kier molecular flexibility index (Phi) is 8.60. The van der Waals surface area contributed by atoms with Gasteiger partial charge in [0.15, 0.2) is 0 Å². The lowest BCUT2D eigenvalue weighted by molar-refractivity contribution is 0.0671. The molecule has 1 heterocycles. The highest BCUT2D eigenvalue weighted by Crippen LogP contribution is 2.23. The van der Waals surface area contributed by atoms with Gasteiger partial charge in [0.1, 0.15) is 0 Å². The maximum Gasteiger partial charge on any atom is 0.261 e. The number of imide groups is 1. The third-order valence-electron chi connectivity index (χ3n) is 5.14. The van der Waals surface area contributed by atoms with E-state index in [1.54, 1.807) is 12.1 Å². The molecule has 3 heteroatoms. The summed E-state index contributed by atoms with van der Waals surface area (Å²) in [6.45, 7) is 4.86. The second-order valence-electron chi connectivity index (χ2n) is 7.25. The highest BCUT2D eigenvalue weighted by atomic mass is 16.2. The van der Waals surface area contributed by atoms with Gasteiger partial charge in [0.2, 0.25) is 0 Å². The van der Waals surface area contributed by atoms with E-state index < -0.39 is 0 Å². The number of allylic oxidation sites excluding steroid dienone is 1. The SMILES string of the molecule is CCCCCCC(=CCN1C(=O)c2ccccc2C1=O)CCCCCC. The fraction of sp³-hybridized carbons (Fsp3) is 0.565. The summed E-state index contributed by atoms with van der Waals surface area (Å²) in [6, 6.07) is 7.12. The number of unbranched alkanes of at least 4 members (excludes halogenated alkanes) is 6. The van der Waals surface area contributed by atoms with Gasteiger partial charge in [-0.3, -0.25) is 14.5 Å². The van der Waals surface area contributed by atoms with Crippen molar-refractivity contribution in [3.8, 4) is 0 Å². The van der Waals surface area contributed by atoms with E-state index in [1.165, 1.54) is 61.8 Å². The van der Waals surface area contributed by atoms with Gasteiger partial charge in [-0.2, -0.15) is 0 Å². The molecule has 2 amide bonds. The summed E-state index contributed by atoms with van der Waals surface area (Å²) in [5, 5.41) is 0. The van der Waals surface area contributed by atoms with Crippen LogP contribution in [0, 0.1) is 0 Å². The lowest BCUT2D eigenvalue weighted by Gasteiger charge is -2.13. The van der Waals surface area contributed by atoms with Crippen molar-refractivity contribution in [3.05, 3.63) is 47.0 Å². The first-order valence-corrected chi connectivity index (χ1v) is 10.3. The Morgan fingerprint density at radius 2 is 1.31 bits per heavy atom. The molecule has 0 atom stereocenters.